The zero-order chi connectivity index (χ0) is 13.1. The number of carboxylic acids is 1. The van der Waals surface area contributed by atoms with E-state index in [0.717, 1.165) is 0 Å². The van der Waals surface area contributed by atoms with Crippen LogP contribution in [-0.2, 0) is 21.2 Å². The molecule has 1 rings (SSSR count). The molecule has 94 valence electrons. The maximum Gasteiger partial charge on any atom is 0.307 e. The van der Waals surface area contributed by atoms with Crippen LogP contribution < -0.4 is 9.46 Å². The van der Waals surface area contributed by atoms with Crippen molar-refractivity contribution in [3.05, 3.63) is 23.8 Å². The van der Waals surface area contributed by atoms with E-state index >= 15 is 0 Å². The Morgan fingerprint density at radius 3 is 2.59 bits per heavy atom. The minimum absolute atomic E-state index is 0.0595. The Labute approximate surface area is 99.3 Å². The van der Waals surface area contributed by atoms with E-state index in [1.54, 1.807) is 0 Å². The molecule has 0 amide bonds. The molecule has 0 spiro atoms. The maximum atomic E-state index is 11.7. The van der Waals surface area contributed by atoms with Crippen molar-refractivity contribution in [3.8, 4) is 5.75 Å². The van der Waals surface area contributed by atoms with Gasteiger partial charge in [-0.15, -0.1) is 0 Å². The third-order valence-electron chi connectivity index (χ3n) is 2.16. The van der Waals surface area contributed by atoms with Crippen LogP contribution in [0.15, 0.2) is 23.1 Å². The number of rotatable bonds is 5. The Hall–Kier alpha value is -1.60. The van der Waals surface area contributed by atoms with Crippen molar-refractivity contribution in [1.82, 2.24) is 4.72 Å². The molecule has 0 aliphatic carbocycles. The van der Waals surface area contributed by atoms with E-state index in [-0.39, 0.29) is 17.1 Å². The lowest BCUT2D eigenvalue weighted by molar-refractivity contribution is -0.136. The van der Waals surface area contributed by atoms with Crippen LogP contribution in [0.25, 0.3) is 0 Å². The van der Waals surface area contributed by atoms with Gasteiger partial charge in [0.15, 0.2) is 0 Å². The van der Waals surface area contributed by atoms with Gasteiger partial charge in [-0.05, 0) is 13.1 Å². The lowest BCUT2D eigenvalue weighted by Gasteiger charge is -2.12. The van der Waals surface area contributed by atoms with Crippen LogP contribution in [-0.4, -0.2) is 33.7 Å². The molecule has 0 unspecified atom stereocenters. The van der Waals surface area contributed by atoms with E-state index in [0.29, 0.717) is 5.56 Å². The van der Waals surface area contributed by atoms with Crippen LogP contribution in [0.3, 0.4) is 0 Å². The van der Waals surface area contributed by atoms with Gasteiger partial charge in [0.25, 0.3) is 0 Å². The van der Waals surface area contributed by atoms with Crippen LogP contribution in [0.1, 0.15) is 5.56 Å². The maximum absolute atomic E-state index is 11.7. The molecule has 0 heterocycles. The number of aliphatic carboxylic acids is 1. The Morgan fingerprint density at radius 2 is 2.12 bits per heavy atom. The molecule has 0 aromatic heterocycles. The van der Waals surface area contributed by atoms with Gasteiger partial charge in [0.1, 0.15) is 10.6 Å². The predicted molar refractivity (Wildman–Crippen MR) is 60.6 cm³/mol. The summed E-state index contributed by atoms with van der Waals surface area (Å²) < 4.78 is 30.5. The number of para-hydroxylation sites is 1. The highest BCUT2D eigenvalue weighted by Crippen LogP contribution is 2.28. The lowest BCUT2D eigenvalue weighted by Crippen LogP contribution is -2.20. The molecule has 0 bridgehead atoms. The van der Waals surface area contributed by atoms with Gasteiger partial charge >= 0.3 is 5.97 Å². The van der Waals surface area contributed by atoms with E-state index in [9.17, 15) is 13.2 Å². The highest BCUT2D eigenvalue weighted by molar-refractivity contribution is 7.89. The molecular formula is C10H13NO5S. The summed E-state index contributed by atoms with van der Waals surface area (Å²) in [5.41, 5.74) is 0.316. The first kappa shape index (κ1) is 13.5. The monoisotopic (exact) mass is 259 g/mol. The van der Waals surface area contributed by atoms with Gasteiger partial charge in [-0.1, -0.05) is 12.1 Å². The zero-order valence-corrected chi connectivity index (χ0v) is 10.2. The standard InChI is InChI=1S/C10H13NO5S/c1-11-17(14,15)8-5-3-4-7(6-9(12)13)10(8)16-2/h3-5,11H,6H2,1-2H3,(H,12,13). The van der Waals surface area contributed by atoms with E-state index < -0.39 is 16.0 Å². The molecule has 2 N–H and O–H groups in total. The number of hydrogen-bond donors (Lipinski definition) is 2. The second-order valence-electron chi connectivity index (χ2n) is 3.23. The van der Waals surface area contributed by atoms with Crippen molar-refractivity contribution in [2.24, 2.45) is 0 Å². The summed E-state index contributed by atoms with van der Waals surface area (Å²) >= 11 is 0. The smallest absolute Gasteiger partial charge is 0.307 e. The Morgan fingerprint density at radius 1 is 1.47 bits per heavy atom. The first-order valence-electron chi connectivity index (χ1n) is 4.73. The summed E-state index contributed by atoms with van der Waals surface area (Å²) in [5.74, 6) is -0.994. The van der Waals surface area contributed by atoms with Crippen LogP contribution in [0.2, 0.25) is 0 Å². The van der Waals surface area contributed by atoms with E-state index in [1.165, 1.54) is 32.4 Å². The van der Waals surface area contributed by atoms with Gasteiger partial charge in [-0.2, -0.15) is 0 Å². The van der Waals surface area contributed by atoms with Crippen molar-refractivity contribution in [3.63, 3.8) is 0 Å². The molecule has 1 aromatic carbocycles. The third-order valence-corrected chi connectivity index (χ3v) is 3.60. The topological polar surface area (TPSA) is 92.7 Å². The lowest BCUT2D eigenvalue weighted by atomic mass is 10.1. The average molecular weight is 259 g/mol. The van der Waals surface area contributed by atoms with Gasteiger partial charge in [0.05, 0.1) is 13.5 Å². The minimum Gasteiger partial charge on any atom is -0.495 e. The first-order valence-corrected chi connectivity index (χ1v) is 6.22. The molecule has 7 heteroatoms. The van der Waals surface area contributed by atoms with Gasteiger partial charge in [0.2, 0.25) is 10.0 Å². The molecular weight excluding hydrogens is 246 g/mol. The number of hydrogen-bond acceptors (Lipinski definition) is 4. The molecule has 0 aliphatic rings. The van der Waals surface area contributed by atoms with Crippen molar-refractivity contribution in [1.29, 1.82) is 0 Å². The Kier molecular flexibility index (Phi) is 4.08. The zero-order valence-electron chi connectivity index (χ0n) is 9.43. The van der Waals surface area contributed by atoms with Crippen LogP contribution in [0.4, 0.5) is 0 Å². The summed E-state index contributed by atoms with van der Waals surface area (Å²) in [6.45, 7) is 0. The molecule has 1 aromatic rings. The highest BCUT2D eigenvalue weighted by atomic mass is 32.2. The van der Waals surface area contributed by atoms with Crippen molar-refractivity contribution in [2.75, 3.05) is 14.2 Å². The SMILES string of the molecule is CNS(=O)(=O)c1cccc(CC(=O)O)c1OC. The van der Waals surface area contributed by atoms with Crippen molar-refractivity contribution in [2.45, 2.75) is 11.3 Å². The summed E-state index contributed by atoms with van der Waals surface area (Å²) in [4.78, 5) is 10.6. The average Bonchev–Trinajstić information content (AvgIpc) is 2.28. The van der Waals surface area contributed by atoms with E-state index in [1.807, 2.05) is 0 Å². The van der Waals surface area contributed by atoms with Crippen molar-refractivity contribution < 1.29 is 23.1 Å². The number of ether oxygens (including phenoxy) is 1. The second-order valence-corrected chi connectivity index (χ2v) is 5.08. The quantitative estimate of drug-likeness (QED) is 0.789. The largest absolute Gasteiger partial charge is 0.495 e. The molecule has 17 heavy (non-hydrogen) atoms. The number of carboxylic acid groups (broad SMARTS) is 1. The molecule has 0 saturated carbocycles. The third kappa shape index (κ3) is 2.95. The van der Waals surface area contributed by atoms with E-state index in [2.05, 4.69) is 4.72 Å². The number of carbonyl (C=O) groups is 1. The summed E-state index contributed by atoms with van der Waals surface area (Å²) in [7, 11) is -1.09. The first-order chi connectivity index (χ1) is 7.92. The Bertz CT molecular complexity index is 523. The normalized spacial score (nSPS) is 11.2. The number of methoxy groups -OCH3 is 1. The summed E-state index contributed by atoms with van der Waals surface area (Å²) in [6.07, 6.45) is -0.295. The molecule has 0 atom stereocenters. The molecule has 0 fully saturated rings. The van der Waals surface area contributed by atoms with Gasteiger partial charge in [-0.25, -0.2) is 13.1 Å². The number of benzene rings is 1. The fourth-order valence-corrected chi connectivity index (χ4v) is 2.35. The van der Waals surface area contributed by atoms with E-state index in [4.69, 9.17) is 9.84 Å². The van der Waals surface area contributed by atoms with Crippen LogP contribution >= 0.6 is 0 Å². The molecule has 0 aliphatic heterocycles. The van der Waals surface area contributed by atoms with Crippen LogP contribution in [0, 0.1) is 0 Å². The fraction of sp³-hybridized carbons (Fsp3) is 0.300. The minimum atomic E-state index is -3.67. The van der Waals surface area contributed by atoms with Gasteiger partial charge in [-0.3, -0.25) is 4.79 Å². The van der Waals surface area contributed by atoms with Crippen LogP contribution in [0.5, 0.6) is 5.75 Å². The number of nitrogens with one attached hydrogen (secondary N) is 1. The molecule has 6 nitrogen and oxygen atoms in total. The predicted octanol–water partition coefficient (Wildman–Crippen LogP) is 0.230. The number of sulfonamides is 1. The molecule has 0 radical (unpaired) electrons. The Balaban J connectivity index is 3.38. The summed E-state index contributed by atoms with van der Waals surface area (Å²) in [5, 5.41) is 8.72. The second kappa shape index (κ2) is 5.15. The van der Waals surface area contributed by atoms with Gasteiger partial charge < -0.3 is 9.84 Å². The van der Waals surface area contributed by atoms with Crippen molar-refractivity contribution >= 4 is 16.0 Å². The summed E-state index contributed by atoms with van der Waals surface area (Å²) in [6, 6.07) is 4.35. The highest BCUT2D eigenvalue weighted by Gasteiger charge is 2.20. The fourth-order valence-electron chi connectivity index (χ4n) is 1.42. The van der Waals surface area contributed by atoms with Gasteiger partial charge in [0, 0.05) is 5.56 Å². The molecule has 0 saturated heterocycles.